The summed E-state index contributed by atoms with van der Waals surface area (Å²) in [6, 6.07) is 0.461. The number of rotatable bonds is 2. The molecule has 19 heavy (non-hydrogen) atoms. The van der Waals surface area contributed by atoms with Gasteiger partial charge >= 0.3 is 5.97 Å². The van der Waals surface area contributed by atoms with Crippen molar-refractivity contribution in [1.82, 2.24) is 9.80 Å². The number of hydrogen-bond acceptors (Lipinski definition) is 4. The molecular formula is C15H26N2O2. The molecule has 4 nitrogen and oxygen atoms in total. The second-order valence-corrected chi connectivity index (χ2v) is 6.49. The Morgan fingerprint density at radius 1 is 1.32 bits per heavy atom. The van der Waals surface area contributed by atoms with Gasteiger partial charge in [0.05, 0.1) is 12.5 Å². The van der Waals surface area contributed by atoms with Gasteiger partial charge in [-0.05, 0) is 65.7 Å². The first-order chi connectivity index (χ1) is 9.16. The van der Waals surface area contributed by atoms with Crippen LogP contribution in [0.2, 0.25) is 0 Å². The Labute approximate surface area is 116 Å². The third-order valence-electron chi connectivity index (χ3n) is 5.48. The number of hydrogen-bond donors (Lipinski definition) is 0. The summed E-state index contributed by atoms with van der Waals surface area (Å²) in [4.78, 5) is 17.3. The highest BCUT2D eigenvalue weighted by atomic mass is 16.5. The van der Waals surface area contributed by atoms with Gasteiger partial charge in [-0.1, -0.05) is 0 Å². The van der Waals surface area contributed by atoms with Gasteiger partial charge < -0.3 is 9.64 Å². The summed E-state index contributed by atoms with van der Waals surface area (Å²) < 4.78 is 5.31. The normalized spacial score (nSPS) is 34.6. The Morgan fingerprint density at radius 3 is 2.74 bits per heavy atom. The van der Waals surface area contributed by atoms with E-state index in [1.165, 1.54) is 45.3 Å². The molecule has 0 radical (unpaired) electrons. The molecule has 3 fully saturated rings. The minimum Gasteiger partial charge on any atom is -0.466 e. The van der Waals surface area contributed by atoms with E-state index in [9.17, 15) is 4.79 Å². The van der Waals surface area contributed by atoms with Crippen LogP contribution in [0.3, 0.4) is 0 Å². The molecule has 0 amide bonds. The fourth-order valence-electron chi connectivity index (χ4n) is 4.48. The van der Waals surface area contributed by atoms with Crippen LogP contribution in [0.5, 0.6) is 0 Å². The van der Waals surface area contributed by atoms with Crippen LogP contribution < -0.4 is 0 Å². The van der Waals surface area contributed by atoms with Gasteiger partial charge in [-0.3, -0.25) is 9.69 Å². The number of carbonyl (C=O) groups is 1. The molecular weight excluding hydrogens is 240 g/mol. The van der Waals surface area contributed by atoms with Gasteiger partial charge in [-0.15, -0.1) is 0 Å². The fourth-order valence-corrected chi connectivity index (χ4v) is 4.48. The van der Waals surface area contributed by atoms with Gasteiger partial charge in [0, 0.05) is 11.6 Å². The molecule has 3 aliphatic heterocycles. The summed E-state index contributed by atoms with van der Waals surface area (Å²) in [7, 11) is 2.20. The summed E-state index contributed by atoms with van der Waals surface area (Å²) in [6.07, 6.45) is 5.90. The minimum absolute atomic E-state index is 0.0511. The van der Waals surface area contributed by atoms with E-state index in [0.29, 0.717) is 18.2 Å². The number of carbonyl (C=O) groups excluding carboxylic acids is 1. The van der Waals surface area contributed by atoms with E-state index in [4.69, 9.17) is 4.74 Å². The summed E-state index contributed by atoms with van der Waals surface area (Å²) >= 11 is 0. The second-order valence-electron chi connectivity index (χ2n) is 6.49. The lowest BCUT2D eigenvalue weighted by Gasteiger charge is -2.44. The van der Waals surface area contributed by atoms with Gasteiger partial charge in [-0.25, -0.2) is 0 Å². The molecule has 2 unspecified atom stereocenters. The Bertz CT molecular complexity index is 350. The first-order valence-electron chi connectivity index (χ1n) is 7.78. The SMILES string of the molecule is CCOC(=O)C1CC2(CCN(C)CC2)N2CCCC12. The average molecular weight is 266 g/mol. The highest BCUT2D eigenvalue weighted by Gasteiger charge is 2.55. The molecule has 0 bridgehead atoms. The summed E-state index contributed by atoms with van der Waals surface area (Å²) in [6.45, 7) is 5.93. The molecule has 108 valence electrons. The molecule has 4 heteroatoms. The predicted octanol–water partition coefficient (Wildman–Crippen LogP) is 1.50. The third-order valence-corrected chi connectivity index (χ3v) is 5.48. The standard InChI is InChI=1S/C15H26N2O2/c1-3-19-14(18)12-11-15(6-9-16(2)10-7-15)17-8-4-5-13(12)17/h12-13H,3-11H2,1-2H3. The molecule has 2 atom stereocenters. The summed E-state index contributed by atoms with van der Waals surface area (Å²) in [5.74, 6) is 0.182. The fraction of sp³-hybridized carbons (Fsp3) is 0.933. The number of nitrogens with zero attached hydrogens (tertiary/aromatic N) is 2. The van der Waals surface area contributed by atoms with Crippen molar-refractivity contribution in [3.05, 3.63) is 0 Å². The van der Waals surface area contributed by atoms with E-state index in [1.807, 2.05) is 6.92 Å². The second kappa shape index (κ2) is 5.06. The number of esters is 1. The molecule has 0 aromatic rings. The van der Waals surface area contributed by atoms with Crippen molar-refractivity contribution < 1.29 is 9.53 Å². The van der Waals surface area contributed by atoms with E-state index in [-0.39, 0.29) is 11.9 Å². The Kier molecular flexibility index (Phi) is 3.56. The third kappa shape index (κ3) is 2.19. The highest BCUT2D eigenvalue weighted by Crippen LogP contribution is 2.48. The van der Waals surface area contributed by atoms with Crippen LogP contribution in [-0.4, -0.2) is 60.6 Å². The van der Waals surface area contributed by atoms with Crippen molar-refractivity contribution in [2.75, 3.05) is 33.3 Å². The average Bonchev–Trinajstić information content (AvgIpc) is 2.97. The topological polar surface area (TPSA) is 32.8 Å². The number of ether oxygens (including phenoxy) is 1. The van der Waals surface area contributed by atoms with Crippen molar-refractivity contribution in [2.45, 2.75) is 50.6 Å². The zero-order valence-electron chi connectivity index (χ0n) is 12.2. The minimum atomic E-state index is 0.0511. The quantitative estimate of drug-likeness (QED) is 0.709. The maximum Gasteiger partial charge on any atom is 0.310 e. The number of fused-ring (bicyclic) bond motifs is 2. The van der Waals surface area contributed by atoms with Crippen molar-refractivity contribution in [1.29, 1.82) is 0 Å². The van der Waals surface area contributed by atoms with Gasteiger partial charge in [-0.2, -0.15) is 0 Å². The van der Waals surface area contributed by atoms with E-state index in [2.05, 4.69) is 16.8 Å². The van der Waals surface area contributed by atoms with E-state index in [1.54, 1.807) is 0 Å². The Balaban J connectivity index is 1.78. The van der Waals surface area contributed by atoms with Crippen LogP contribution in [-0.2, 0) is 9.53 Å². The number of likely N-dealkylation sites (tertiary alicyclic amines) is 1. The van der Waals surface area contributed by atoms with Crippen molar-refractivity contribution in [3.8, 4) is 0 Å². The van der Waals surface area contributed by atoms with Gasteiger partial charge in [0.15, 0.2) is 0 Å². The highest BCUT2D eigenvalue weighted by molar-refractivity contribution is 5.74. The molecule has 1 spiro atoms. The lowest BCUT2D eigenvalue weighted by molar-refractivity contribution is -0.148. The van der Waals surface area contributed by atoms with Crippen LogP contribution >= 0.6 is 0 Å². The maximum atomic E-state index is 12.2. The van der Waals surface area contributed by atoms with Crippen LogP contribution in [0, 0.1) is 5.92 Å². The smallest absolute Gasteiger partial charge is 0.310 e. The van der Waals surface area contributed by atoms with Crippen molar-refractivity contribution >= 4 is 5.97 Å². The van der Waals surface area contributed by atoms with Gasteiger partial charge in [0.1, 0.15) is 0 Å². The Hall–Kier alpha value is -0.610. The zero-order chi connectivity index (χ0) is 13.5. The maximum absolute atomic E-state index is 12.2. The lowest BCUT2D eigenvalue weighted by Crippen LogP contribution is -2.51. The van der Waals surface area contributed by atoms with E-state index >= 15 is 0 Å². The lowest BCUT2D eigenvalue weighted by atomic mass is 9.82. The van der Waals surface area contributed by atoms with Gasteiger partial charge in [0.2, 0.25) is 0 Å². The van der Waals surface area contributed by atoms with Crippen molar-refractivity contribution in [3.63, 3.8) is 0 Å². The molecule has 3 aliphatic rings. The summed E-state index contributed by atoms with van der Waals surface area (Å²) in [5, 5.41) is 0. The largest absolute Gasteiger partial charge is 0.466 e. The van der Waals surface area contributed by atoms with Gasteiger partial charge in [0.25, 0.3) is 0 Å². The van der Waals surface area contributed by atoms with E-state index < -0.39 is 0 Å². The molecule has 0 N–H and O–H groups in total. The summed E-state index contributed by atoms with van der Waals surface area (Å²) in [5.41, 5.74) is 0.297. The zero-order valence-corrected chi connectivity index (χ0v) is 12.2. The van der Waals surface area contributed by atoms with E-state index in [0.717, 1.165) is 6.42 Å². The number of piperidine rings is 1. The molecule has 0 aromatic carbocycles. The molecule has 0 aromatic heterocycles. The van der Waals surface area contributed by atoms with Crippen LogP contribution in [0.4, 0.5) is 0 Å². The monoisotopic (exact) mass is 266 g/mol. The first kappa shape index (κ1) is 13.4. The predicted molar refractivity (Wildman–Crippen MR) is 73.9 cm³/mol. The van der Waals surface area contributed by atoms with Crippen LogP contribution in [0.15, 0.2) is 0 Å². The van der Waals surface area contributed by atoms with Crippen molar-refractivity contribution in [2.24, 2.45) is 5.92 Å². The molecule has 3 rings (SSSR count). The molecule has 3 heterocycles. The first-order valence-corrected chi connectivity index (χ1v) is 7.78. The molecule has 0 aliphatic carbocycles. The molecule has 3 saturated heterocycles. The Morgan fingerprint density at radius 2 is 2.05 bits per heavy atom. The molecule has 0 saturated carbocycles. The van der Waals surface area contributed by atoms with Crippen LogP contribution in [0.1, 0.15) is 39.0 Å². The van der Waals surface area contributed by atoms with Crippen LogP contribution in [0.25, 0.3) is 0 Å².